The van der Waals surface area contributed by atoms with E-state index in [2.05, 4.69) is 187 Å². The fourth-order valence-electron chi connectivity index (χ4n) is 10.9. The Hall–Kier alpha value is -8.92. The second-order valence-electron chi connectivity index (χ2n) is 18.6. The number of anilines is 6. The maximum Gasteiger partial charge on any atom is 0.0645 e. The zero-order chi connectivity index (χ0) is 50.2. The standard InChI is InChI=1S/C67H49N3/c1-67(2)62-29-14-12-24-57(62)58-42-40-54(45-63(58)67)68(49-20-8-4-9-21-49)51-38-34-48(35-39-51)55-26-16-28-59-56(55)27-17-31-64(59)69(52-36-32-47(33-37-52)46-18-6-3-7-19-46)53-41-43-66-61(44-53)60-25-13-15-30-65(60)70(66)50-22-10-5-11-23-50/h3-45H,1-2H3/i34D,35D,38D,39D. The van der Waals surface area contributed by atoms with Crippen LogP contribution in [0.15, 0.2) is 261 Å². The summed E-state index contributed by atoms with van der Waals surface area (Å²) in [7, 11) is 0. The van der Waals surface area contributed by atoms with E-state index < -0.39 is 0 Å². The second kappa shape index (κ2) is 16.7. The summed E-state index contributed by atoms with van der Waals surface area (Å²) in [4.78, 5) is 4.18. The molecule has 3 nitrogen and oxygen atoms in total. The molecule has 0 fully saturated rings. The number of rotatable bonds is 9. The van der Waals surface area contributed by atoms with Gasteiger partial charge in [-0.2, -0.15) is 0 Å². The number of hydrogen-bond acceptors (Lipinski definition) is 2. The zero-order valence-corrected chi connectivity index (χ0v) is 38.9. The molecule has 1 aliphatic rings. The van der Waals surface area contributed by atoms with Crippen LogP contribution in [0.2, 0.25) is 0 Å². The summed E-state index contributed by atoms with van der Waals surface area (Å²) in [5.41, 5.74) is 15.4. The highest BCUT2D eigenvalue weighted by Gasteiger charge is 2.35. The summed E-state index contributed by atoms with van der Waals surface area (Å²) < 4.78 is 41.7. The third kappa shape index (κ3) is 6.81. The van der Waals surface area contributed by atoms with Gasteiger partial charge in [-0.1, -0.05) is 184 Å². The summed E-state index contributed by atoms with van der Waals surface area (Å²) in [5.74, 6) is 0. The Labute approximate surface area is 415 Å². The molecule has 0 atom stereocenters. The first-order valence-corrected chi connectivity index (χ1v) is 23.9. The van der Waals surface area contributed by atoms with Gasteiger partial charge in [0.05, 0.1) is 22.2 Å². The molecule has 332 valence electrons. The Kier molecular flexibility index (Phi) is 8.85. The highest BCUT2D eigenvalue weighted by atomic mass is 15.1. The van der Waals surface area contributed by atoms with Gasteiger partial charge in [-0.3, -0.25) is 0 Å². The van der Waals surface area contributed by atoms with E-state index in [4.69, 9.17) is 0 Å². The van der Waals surface area contributed by atoms with E-state index in [1.165, 1.54) is 11.1 Å². The summed E-state index contributed by atoms with van der Waals surface area (Å²) >= 11 is 0. The fraction of sp³-hybridized carbons (Fsp3) is 0.0448. The number of aromatic nitrogens is 1. The van der Waals surface area contributed by atoms with Crippen molar-refractivity contribution in [3.63, 3.8) is 0 Å². The van der Waals surface area contributed by atoms with Gasteiger partial charge in [-0.15, -0.1) is 0 Å². The largest absolute Gasteiger partial charge is 0.310 e. The fourth-order valence-corrected chi connectivity index (χ4v) is 10.9. The number of nitrogens with zero attached hydrogens (tertiary/aromatic N) is 3. The number of para-hydroxylation sites is 3. The lowest BCUT2D eigenvalue weighted by molar-refractivity contribution is 0.660. The van der Waals surface area contributed by atoms with Crippen molar-refractivity contribution in [1.29, 1.82) is 0 Å². The summed E-state index contributed by atoms with van der Waals surface area (Å²) in [6.45, 7) is 4.47. The van der Waals surface area contributed by atoms with Crippen molar-refractivity contribution in [1.82, 2.24) is 4.57 Å². The van der Waals surface area contributed by atoms with Crippen LogP contribution < -0.4 is 9.80 Å². The van der Waals surface area contributed by atoms with Gasteiger partial charge in [-0.25, -0.2) is 0 Å². The van der Waals surface area contributed by atoms with Crippen molar-refractivity contribution in [2.45, 2.75) is 19.3 Å². The minimum Gasteiger partial charge on any atom is -0.310 e. The lowest BCUT2D eigenvalue weighted by atomic mass is 9.82. The molecule has 0 amide bonds. The molecular formula is C67H49N3. The summed E-state index contributed by atoms with van der Waals surface area (Å²) in [5, 5.41) is 3.98. The number of benzene rings is 11. The van der Waals surface area contributed by atoms with Crippen LogP contribution in [0.25, 0.3) is 71.6 Å². The van der Waals surface area contributed by atoms with Gasteiger partial charge in [0.2, 0.25) is 0 Å². The Balaban J connectivity index is 0.979. The van der Waals surface area contributed by atoms with Gasteiger partial charge in [0.25, 0.3) is 0 Å². The molecule has 1 aromatic heterocycles. The van der Waals surface area contributed by atoms with Crippen LogP contribution in [0.3, 0.4) is 0 Å². The first-order chi connectivity index (χ1) is 36.2. The Morgan fingerprint density at radius 2 is 0.900 bits per heavy atom. The molecule has 1 heterocycles. The SMILES string of the molecule is [2H]c1c([2H])c(N(c2ccccc2)c2ccc3c(c2)C(C)(C)c2ccccc2-3)c([2H])c([2H])c1-c1cccc2c(N(c3ccc(-c4ccccc4)cc3)c3ccc4c(c3)c3ccccc3n4-c3ccccc3)cccc12. The average Bonchev–Trinajstić information content (AvgIpc) is 3.92. The molecule has 11 aromatic carbocycles. The van der Waals surface area contributed by atoms with E-state index in [0.29, 0.717) is 5.56 Å². The van der Waals surface area contributed by atoms with Crippen molar-refractivity contribution in [3.8, 4) is 39.1 Å². The highest BCUT2D eigenvalue weighted by Crippen LogP contribution is 2.51. The lowest BCUT2D eigenvalue weighted by Gasteiger charge is -2.28. The normalized spacial score (nSPS) is 13.3. The van der Waals surface area contributed by atoms with E-state index in [-0.39, 0.29) is 40.8 Å². The molecule has 0 bridgehead atoms. The van der Waals surface area contributed by atoms with Gasteiger partial charge in [0.1, 0.15) is 0 Å². The number of hydrogen-bond donors (Lipinski definition) is 0. The van der Waals surface area contributed by atoms with Gasteiger partial charge in [0, 0.05) is 55.7 Å². The monoisotopic (exact) mass is 899 g/mol. The molecule has 0 radical (unpaired) electrons. The van der Waals surface area contributed by atoms with Crippen LogP contribution in [0, 0.1) is 0 Å². The van der Waals surface area contributed by atoms with Gasteiger partial charge in [-0.05, 0) is 141 Å². The first-order valence-electron chi connectivity index (χ1n) is 25.9. The molecule has 0 aliphatic heterocycles. The maximum absolute atomic E-state index is 9.85. The van der Waals surface area contributed by atoms with E-state index in [1.807, 2.05) is 77.7 Å². The minimum atomic E-state index is -0.285. The molecule has 1 aliphatic carbocycles. The number of fused-ring (bicyclic) bond motifs is 7. The van der Waals surface area contributed by atoms with Crippen LogP contribution in [0.1, 0.15) is 30.5 Å². The predicted octanol–water partition coefficient (Wildman–Crippen LogP) is 18.5. The summed E-state index contributed by atoms with van der Waals surface area (Å²) in [6.07, 6.45) is 0. The Morgan fingerprint density at radius 1 is 0.343 bits per heavy atom. The minimum absolute atomic E-state index is 0.109. The van der Waals surface area contributed by atoms with Crippen LogP contribution >= 0.6 is 0 Å². The van der Waals surface area contributed by atoms with Crippen LogP contribution in [0.4, 0.5) is 34.1 Å². The molecule has 0 unspecified atom stereocenters. The van der Waals surface area contributed by atoms with E-state index >= 15 is 0 Å². The van der Waals surface area contributed by atoms with E-state index in [1.54, 1.807) is 0 Å². The zero-order valence-electron chi connectivity index (χ0n) is 42.9. The smallest absolute Gasteiger partial charge is 0.0645 e. The van der Waals surface area contributed by atoms with Gasteiger partial charge < -0.3 is 14.4 Å². The van der Waals surface area contributed by atoms with Crippen LogP contribution in [0.5, 0.6) is 0 Å². The predicted molar refractivity (Wildman–Crippen MR) is 296 cm³/mol. The molecule has 3 heteroatoms. The van der Waals surface area contributed by atoms with Crippen LogP contribution in [-0.2, 0) is 5.41 Å². The average molecular weight is 900 g/mol. The topological polar surface area (TPSA) is 11.4 Å². The molecule has 0 N–H and O–H groups in total. The van der Waals surface area contributed by atoms with Crippen molar-refractivity contribution < 1.29 is 5.48 Å². The third-order valence-electron chi connectivity index (χ3n) is 14.2. The molecular weight excluding hydrogens is 847 g/mol. The van der Waals surface area contributed by atoms with Crippen molar-refractivity contribution >= 4 is 66.7 Å². The molecule has 12 aromatic rings. The Bertz CT molecular complexity index is 4120. The van der Waals surface area contributed by atoms with Gasteiger partial charge >= 0.3 is 0 Å². The van der Waals surface area contributed by atoms with E-state index in [9.17, 15) is 5.48 Å². The highest BCUT2D eigenvalue weighted by molar-refractivity contribution is 6.12. The van der Waals surface area contributed by atoms with E-state index in [0.717, 1.165) is 89.0 Å². The maximum atomic E-state index is 9.85. The lowest BCUT2D eigenvalue weighted by Crippen LogP contribution is -2.16. The quantitative estimate of drug-likeness (QED) is 0.143. The molecule has 0 saturated heterocycles. The van der Waals surface area contributed by atoms with Crippen LogP contribution in [-0.4, -0.2) is 4.57 Å². The van der Waals surface area contributed by atoms with Crippen molar-refractivity contribution in [3.05, 3.63) is 272 Å². The molecule has 0 saturated carbocycles. The molecule has 0 spiro atoms. The Morgan fingerprint density at radius 3 is 1.70 bits per heavy atom. The van der Waals surface area contributed by atoms with Crippen molar-refractivity contribution in [2.24, 2.45) is 0 Å². The van der Waals surface area contributed by atoms with Gasteiger partial charge in [0.15, 0.2) is 0 Å². The first kappa shape index (κ1) is 37.1. The molecule has 13 rings (SSSR count). The second-order valence-corrected chi connectivity index (χ2v) is 18.6. The van der Waals surface area contributed by atoms with Crippen molar-refractivity contribution in [2.75, 3.05) is 9.80 Å². The molecule has 70 heavy (non-hydrogen) atoms. The summed E-state index contributed by atoms with van der Waals surface area (Å²) in [6, 6.07) is 81.1. The third-order valence-corrected chi connectivity index (χ3v) is 14.2.